The third-order valence-corrected chi connectivity index (χ3v) is 6.54. The number of hydrogen-bond acceptors (Lipinski definition) is 3. The molecule has 0 fully saturated rings. The Morgan fingerprint density at radius 1 is 1.05 bits per heavy atom. The number of halogens is 1. The zero-order valence-electron chi connectivity index (χ0n) is 12.5. The number of rotatable bonds is 4. The second kappa shape index (κ2) is 5.97. The predicted octanol–water partition coefficient (Wildman–Crippen LogP) is 4.23. The summed E-state index contributed by atoms with van der Waals surface area (Å²) in [6, 6.07) is 12.1. The van der Waals surface area contributed by atoms with E-state index in [2.05, 4.69) is 27.3 Å². The van der Waals surface area contributed by atoms with Gasteiger partial charge in [0, 0.05) is 16.7 Å². The third kappa shape index (κ3) is 3.98. The summed E-state index contributed by atoms with van der Waals surface area (Å²) < 4.78 is 24.4. The molecule has 2 aromatic rings. The third-order valence-electron chi connectivity index (χ3n) is 3.44. The first-order chi connectivity index (χ1) is 9.69. The Morgan fingerprint density at radius 3 is 2.33 bits per heavy atom. The van der Waals surface area contributed by atoms with Gasteiger partial charge in [-0.3, -0.25) is 0 Å². The fourth-order valence-corrected chi connectivity index (χ4v) is 3.32. The number of fused-ring (bicyclic) bond motifs is 1. The average Bonchev–Trinajstić information content (AvgIpc) is 2.37. The van der Waals surface area contributed by atoms with Crippen molar-refractivity contribution >= 4 is 42.2 Å². The molecule has 21 heavy (non-hydrogen) atoms. The molecule has 0 aliphatic carbocycles. The predicted molar refractivity (Wildman–Crippen MR) is 93.7 cm³/mol. The lowest BCUT2D eigenvalue weighted by molar-refractivity contribution is 0.560. The van der Waals surface area contributed by atoms with Gasteiger partial charge in [0.1, 0.15) is 0 Å². The van der Waals surface area contributed by atoms with Crippen LogP contribution in [0.15, 0.2) is 40.9 Å². The highest BCUT2D eigenvalue weighted by Crippen LogP contribution is 2.23. The van der Waals surface area contributed by atoms with Crippen molar-refractivity contribution in [1.29, 1.82) is 0 Å². The van der Waals surface area contributed by atoms with Crippen LogP contribution in [-0.4, -0.2) is 25.5 Å². The lowest BCUT2D eigenvalue weighted by Gasteiger charge is -2.19. The summed E-state index contributed by atoms with van der Waals surface area (Å²) in [5.41, 5.74) is 0.939. The van der Waals surface area contributed by atoms with Crippen molar-refractivity contribution in [3.8, 4) is 0 Å². The van der Waals surface area contributed by atoms with E-state index in [1.807, 2.05) is 30.3 Å². The zero-order chi connectivity index (χ0) is 15.7. The van der Waals surface area contributed by atoms with Crippen molar-refractivity contribution in [1.82, 2.24) is 0 Å². The number of hydrogen-bond donors (Lipinski definition) is 1. The zero-order valence-corrected chi connectivity index (χ0v) is 14.9. The number of nitrogens with one attached hydrogen (secondary N) is 1. The van der Waals surface area contributed by atoms with Gasteiger partial charge in [0.2, 0.25) is 0 Å². The van der Waals surface area contributed by atoms with E-state index >= 15 is 0 Å². The van der Waals surface area contributed by atoms with Crippen molar-refractivity contribution in [3.05, 3.63) is 40.9 Å². The average molecular weight is 370 g/mol. The van der Waals surface area contributed by atoms with Crippen LogP contribution in [0.25, 0.3) is 10.8 Å². The molecule has 0 radical (unpaired) electrons. The summed E-state index contributed by atoms with van der Waals surface area (Å²) in [5.74, 6) is 0.134. The SMILES string of the molecule is CC(C)(C)S(=O)(=O)CCNc1ccc2cc(Br)ccc2c1. The van der Waals surface area contributed by atoms with Crippen LogP contribution in [0.5, 0.6) is 0 Å². The van der Waals surface area contributed by atoms with E-state index in [1.54, 1.807) is 20.8 Å². The summed E-state index contributed by atoms with van der Waals surface area (Å²) in [4.78, 5) is 0. The lowest BCUT2D eigenvalue weighted by Crippen LogP contribution is -2.32. The summed E-state index contributed by atoms with van der Waals surface area (Å²) in [6.07, 6.45) is 0. The molecule has 2 aromatic carbocycles. The normalized spacial score (nSPS) is 12.6. The molecule has 0 amide bonds. The first-order valence-electron chi connectivity index (χ1n) is 6.84. The molecule has 2 rings (SSSR count). The fourth-order valence-electron chi connectivity index (χ4n) is 1.96. The topological polar surface area (TPSA) is 46.2 Å². The van der Waals surface area contributed by atoms with Crippen molar-refractivity contribution in [2.24, 2.45) is 0 Å². The largest absolute Gasteiger partial charge is 0.384 e. The van der Waals surface area contributed by atoms with Crippen LogP contribution in [0.2, 0.25) is 0 Å². The molecule has 0 aliphatic rings. The van der Waals surface area contributed by atoms with Gasteiger partial charge in [-0.1, -0.05) is 28.1 Å². The lowest BCUT2D eigenvalue weighted by atomic mass is 10.1. The fraction of sp³-hybridized carbons (Fsp3) is 0.375. The van der Waals surface area contributed by atoms with Gasteiger partial charge in [-0.15, -0.1) is 0 Å². The minimum Gasteiger partial charge on any atom is -0.384 e. The summed E-state index contributed by atoms with van der Waals surface area (Å²) in [7, 11) is -3.08. The number of anilines is 1. The summed E-state index contributed by atoms with van der Waals surface area (Å²) in [6.45, 7) is 5.62. The molecule has 0 saturated heterocycles. The van der Waals surface area contributed by atoms with Gasteiger partial charge in [0.05, 0.1) is 10.5 Å². The highest BCUT2D eigenvalue weighted by molar-refractivity contribution is 9.10. The maximum atomic E-state index is 12.0. The molecular formula is C16H20BrNO2S. The van der Waals surface area contributed by atoms with Gasteiger partial charge in [0.25, 0.3) is 0 Å². The van der Waals surface area contributed by atoms with E-state index in [0.717, 1.165) is 20.9 Å². The van der Waals surface area contributed by atoms with Crippen LogP contribution in [-0.2, 0) is 9.84 Å². The molecule has 0 saturated carbocycles. The molecule has 0 unspecified atom stereocenters. The molecule has 1 N–H and O–H groups in total. The van der Waals surface area contributed by atoms with Crippen LogP contribution >= 0.6 is 15.9 Å². The molecule has 0 bridgehead atoms. The van der Waals surface area contributed by atoms with Gasteiger partial charge in [-0.25, -0.2) is 8.42 Å². The van der Waals surface area contributed by atoms with Crippen molar-refractivity contribution in [2.75, 3.05) is 17.6 Å². The molecular weight excluding hydrogens is 350 g/mol. The second-order valence-corrected chi connectivity index (χ2v) is 9.84. The highest BCUT2D eigenvalue weighted by Gasteiger charge is 2.28. The van der Waals surface area contributed by atoms with Crippen molar-refractivity contribution in [3.63, 3.8) is 0 Å². The number of benzene rings is 2. The van der Waals surface area contributed by atoms with Gasteiger partial charge in [0.15, 0.2) is 9.84 Å². The maximum absolute atomic E-state index is 12.0. The van der Waals surface area contributed by atoms with E-state index in [0.29, 0.717) is 6.54 Å². The molecule has 0 aliphatic heterocycles. The van der Waals surface area contributed by atoms with Gasteiger partial charge in [-0.05, 0) is 55.8 Å². The Bertz CT molecular complexity index is 748. The van der Waals surface area contributed by atoms with E-state index in [4.69, 9.17) is 0 Å². The molecule has 5 heteroatoms. The summed E-state index contributed by atoms with van der Waals surface area (Å²) in [5, 5.41) is 5.47. The van der Waals surface area contributed by atoms with E-state index < -0.39 is 14.6 Å². The Labute approximate surface area is 134 Å². The Morgan fingerprint density at radius 2 is 1.67 bits per heavy atom. The Balaban J connectivity index is 2.06. The van der Waals surface area contributed by atoms with E-state index in [9.17, 15) is 8.42 Å². The smallest absolute Gasteiger partial charge is 0.156 e. The van der Waals surface area contributed by atoms with Crippen molar-refractivity contribution < 1.29 is 8.42 Å². The Hall–Kier alpha value is -1.07. The minimum atomic E-state index is -3.08. The standard InChI is InChI=1S/C16H20BrNO2S/c1-16(2,3)21(19,20)9-8-18-15-7-5-12-10-14(17)6-4-13(12)11-15/h4-7,10-11,18H,8-9H2,1-3H3. The van der Waals surface area contributed by atoms with Crippen LogP contribution in [0.4, 0.5) is 5.69 Å². The van der Waals surface area contributed by atoms with E-state index in [-0.39, 0.29) is 5.75 Å². The second-order valence-electron chi connectivity index (χ2n) is 6.06. The Kier molecular flexibility index (Phi) is 4.63. The maximum Gasteiger partial charge on any atom is 0.156 e. The van der Waals surface area contributed by atoms with Crippen molar-refractivity contribution in [2.45, 2.75) is 25.5 Å². The van der Waals surface area contributed by atoms with Crippen LogP contribution in [0.3, 0.4) is 0 Å². The molecule has 114 valence electrons. The van der Waals surface area contributed by atoms with Crippen LogP contribution < -0.4 is 5.32 Å². The van der Waals surface area contributed by atoms with Crippen LogP contribution in [0, 0.1) is 0 Å². The monoisotopic (exact) mass is 369 g/mol. The first kappa shape index (κ1) is 16.3. The van der Waals surface area contributed by atoms with E-state index in [1.165, 1.54) is 0 Å². The molecule has 0 spiro atoms. The molecule has 0 atom stereocenters. The van der Waals surface area contributed by atoms with Crippen LogP contribution in [0.1, 0.15) is 20.8 Å². The van der Waals surface area contributed by atoms with Gasteiger partial charge < -0.3 is 5.32 Å². The summed E-state index contributed by atoms with van der Waals surface area (Å²) >= 11 is 3.45. The van der Waals surface area contributed by atoms with Gasteiger partial charge >= 0.3 is 0 Å². The highest BCUT2D eigenvalue weighted by atomic mass is 79.9. The molecule has 0 heterocycles. The molecule has 0 aromatic heterocycles. The first-order valence-corrected chi connectivity index (χ1v) is 9.29. The minimum absolute atomic E-state index is 0.134. The van der Waals surface area contributed by atoms with Gasteiger partial charge in [-0.2, -0.15) is 0 Å². The quantitative estimate of drug-likeness (QED) is 0.876. The number of sulfone groups is 1. The molecule has 3 nitrogen and oxygen atoms in total.